The molecular formula is C31H38ClN5O3. The van der Waals surface area contributed by atoms with Crippen LogP contribution in [0.1, 0.15) is 43.4 Å². The number of nitrogens with two attached hydrogens (primary N) is 2. The molecule has 0 bridgehead atoms. The molecule has 212 valence electrons. The Morgan fingerprint density at radius 3 is 2.58 bits per heavy atom. The molecule has 1 fully saturated rings. The summed E-state index contributed by atoms with van der Waals surface area (Å²) in [4.78, 5) is 44.2. The minimum absolute atomic E-state index is 0.141. The molecule has 3 amide bonds. The van der Waals surface area contributed by atoms with Crippen LogP contribution in [0.3, 0.4) is 0 Å². The lowest BCUT2D eigenvalue weighted by molar-refractivity contribution is -0.148. The smallest absolute Gasteiger partial charge is 0.250 e. The molecule has 0 aromatic heterocycles. The van der Waals surface area contributed by atoms with E-state index in [1.165, 1.54) is 0 Å². The highest BCUT2D eigenvalue weighted by Crippen LogP contribution is 2.33. The van der Waals surface area contributed by atoms with Gasteiger partial charge in [0.1, 0.15) is 12.1 Å². The molecule has 2 unspecified atom stereocenters. The zero-order valence-electron chi connectivity index (χ0n) is 22.9. The first kappa shape index (κ1) is 29.5. The topological polar surface area (TPSA) is 122 Å². The number of hydrogen-bond donors (Lipinski definition) is 3. The van der Waals surface area contributed by atoms with E-state index in [4.69, 9.17) is 23.1 Å². The maximum atomic E-state index is 14.4. The molecule has 0 saturated carbocycles. The number of carbonyl (C=O) groups excluding carboxylic acids is 3. The molecule has 4 rings (SSSR count). The number of halogens is 1. The molecule has 5 N–H and O–H groups in total. The van der Waals surface area contributed by atoms with Crippen LogP contribution in [0.15, 0.2) is 66.7 Å². The fourth-order valence-corrected chi connectivity index (χ4v) is 5.70. The summed E-state index contributed by atoms with van der Waals surface area (Å²) < 4.78 is 0. The number of nitrogens with one attached hydrogen (secondary N) is 1. The van der Waals surface area contributed by atoms with Crippen molar-refractivity contribution in [2.45, 2.75) is 50.7 Å². The van der Waals surface area contributed by atoms with Crippen LogP contribution in [-0.4, -0.2) is 65.8 Å². The van der Waals surface area contributed by atoms with Gasteiger partial charge in [0.2, 0.25) is 11.8 Å². The number of carbonyl (C=O) groups is 3. The quantitative estimate of drug-likeness (QED) is 0.309. The van der Waals surface area contributed by atoms with Crippen molar-refractivity contribution in [2.24, 2.45) is 11.5 Å². The summed E-state index contributed by atoms with van der Waals surface area (Å²) in [5.74, 6) is -1.06. The van der Waals surface area contributed by atoms with Crippen molar-refractivity contribution < 1.29 is 14.4 Å². The first-order valence-electron chi connectivity index (χ1n) is 13.9. The summed E-state index contributed by atoms with van der Waals surface area (Å²) in [7, 11) is 0. The van der Waals surface area contributed by atoms with Crippen molar-refractivity contribution in [3.8, 4) is 0 Å². The van der Waals surface area contributed by atoms with Gasteiger partial charge in [0, 0.05) is 37.0 Å². The second kappa shape index (κ2) is 13.7. The lowest BCUT2D eigenvalue weighted by Crippen LogP contribution is -2.52. The minimum atomic E-state index is -0.929. The van der Waals surface area contributed by atoms with E-state index in [-0.39, 0.29) is 30.7 Å². The highest BCUT2D eigenvalue weighted by atomic mass is 35.5. The average molecular weight is 564 g/mol. The molecule has 3 atom stereocenters. The van der Waals surface area contributed by atoms with E-state index in [9.17, 15) is 14.4 Å². The van der Waals surface area contributed by atoms with E-state index < -0.39 is 18.0 Å². The van der Waals surface area contributed by atoms with Crippen LogP contribution in [-0.2, 0) is 20.8 Å². The maximum Gasteiger partial charge on any atom is 0.250 e. The van der Waals surface area contributed by atoms with Crippen LogP contribution in [0, 0.1) is 0 Å². The lowest BCUT2D eigenvalue weighted by atomic mass is 9.96. The van der Waals surface area contributed by atoms with Gasteiger partial charge in [-0.3, -0.25) is 14.4 Å². The molecule has 3 aromatic rings. The Hall–Kier alpha value is -3.46. The van der Waals surface area contributed by atoms with Gasteiger partial charge >= 0.3 is 0 Å². The third-order valence-electron chi connectivity index (χ3n) is 7.58. The number of hydrogen-bond acceptors (Lipinski definition) is 5. The first-order valence-corrected chi connectivity index (χ1v) is 14.2. The van der Waals surface area contributed by atoms with Gasteiger partial charge in [0.25, 0.3) is 5.91 Å². The van der Waals surface area contributed by atoms with E-state index in [0.717, 1.165) is 29.3 Å². The molecule has 3 aromatic carbocycles. The maximum absolute atomic E-state index is 14.4. The standard InChI is InChI=1S/C31H38ClN5O3/c1-21-14-18-36(27(30(34)39)20-23-9-4-8-22-7-2-3-12-26(22)23)31(40)29(24-10-5-11-25(32)19-24)37(21)28(38)13-17-35-16-6-15-33/h2-5,7-12,19,21,27,29,35H,6,13-18,20,33H2,1H3,(H2,34,39)/t21?,27-,29?/m1/s1. The predicted octanol–water partition coefficient (Wildman–Crippen LogP) is 3.41. The van der Waals surface area contributed by atoms with E-state index >= 15 is 0 Å². The summed E-state index contributed by atoms with van der Waals surface area (Å²) in [6, 6.07) is 18.8. The second-order valence-electron chi connectivity index (χ2n) is 10.3. The number of rotatable bonds is 11. The summed E-state index contributed by atoms with van der Waals surface area (Å²) >= 11 is 6.34. The number of fused-ring (bicyclic) bond motifs is 1. The highest BCUT2D eigenvalue weighted by Gasteiger charge is 2.43. The summed E-state index contributed by atoms with van der Waals surface area (Å²) in [6.07, 6.45) is 1.83. The van der Waals surface area contributed by atoms with Crippen molar-refractivity contribution >= 4 is 40.1 Å². The van der Waals surface area contributed by atoms with Gasteiger partial charge < -0.3 is 26.6 Å². The minimum Gasteiger partial charge on any atom is -0.368 e. The molecule has 9 heteroatoms. The SMILES string of the molecule is CC1CCN([C@H](Cc2cccc3ccccc23)C(N)=O)C(=O)C(c2cccc(Cl)c2)N1C(=O)CCNCCCN. The van der Waals surface area contributed by atoms with Crippen LogP contribution in [0.2, 0.25) is 5.02 Å². The monoisotopic (exact) mass is 563 g/mol. The van der Waals surface area contributed by atoms with Gasteiger partial charge in [-0.15, -0.1) is 0 Å². The third kappa shape index (κ3) is 6.81. The molecule has 8 nitrogen and oxygen atoms in total. The Kier molecular flexibility index (Phi) is 10.1. The van der Waals surface area contributed by atoms with Gasteiger partial charge in [-0.05, 0) is 66.9 Å². The summed E-state index contributed by atoms with van der Waals surface area (Å²) in [5, 5.41) is 5.77. The lowest BCUT2D eigenvalue weighted by Gasteiger charge is -2.36. The zero-order valence-corrected chi connectivity index (χ0v) is 23.6. The van der Waals surface area contributed by atoms with Crippen molar-refractivity contribution in [3.63, 3.8) is 0 Å². The Labute approximate surface area is 240 Å². The second-order valence-corrected chi connectivity index (χ2v) is 10.8. The Balaban J connectivity index is 1.68. The van der Waals surface area contributed by atoms with Gasteiger partial charge in [-0.1, -0.05) is 66.2 Å². The van der Waals surface area contributed by atoms with Crippen LogP contribution >= 0.6 is 11.6 Å². The molecule has 1 saturated heterocycles. The van der Waals surface area contributed by atoms with Crippen molar-refractivity contribution in [3.05, 3.63) is 82.9 Å². The van der Waals surface area contributed by atoms with Crippen LogP contribution in [0.5, 0.6) is 0 Å². The van der Waals surface area contributed by atoms with Crippen molar-refractivity contribution in [2.75, 3.05) is 26.2 Å². The van der Waals surface area contributed by atoms with E-state index in [0.29, 0.717) is 36.6 Å². The number of amides is 3. The predicted molar refractivity (Wildman–Crippen MR) is 159 cm³/mol. The zero-order chi connectivity index (χ0) is 28.6. The molecule has 0 radical (unpaired) electrons. The third-order valence-corrected chi connectivity index (χ3v) is 7.82. The average Bonchev–Trinajstić information content (AvgIpc) is 3.07. The number of primary amides is 1. The molecule has 1 heterocycles. The van der Waals surface area contributed by atoms with Crippen molar-refractivity contribution in [1.29, 1.82) is 0 Å². The Morgan fingerprint density at radius 2 is 1.82 bits per heavy atom. The first-order chi connectivity index (χ1) is 19.3. The normalized spacial score (nSPS) is 18.5. The molecule has 40 heavy (non-hydrogen) atoms. The van der Waals surface area contributed by atoms with Crippen LogP contribution in [0.25, 0.3) is 10.8 Å². The molecule has 0 aliphatic carbocycles. The summed E-state index contributed by atoms with van der Waals surface area (Å²) in [6.45, 7) is 4.02. The van der Waals surface area contributed by atoms with E-state index in [1.807, 2.05) is 49.4 Å². The Morgan fingerprint density at radius 1 is 1.07 bits per heavy atom. The van der Waals surface area contributed by atoms with Gasteiger partial charge in [0.15, 0.2) is 0 Å². The number of nitrogens with zero attached hydrogens (tertiary/aromatic N) is 2. The van der Waals surface area contributed by atoms with Crippen LogP contribution in [0.4, 0.5) is 0 Å². The Bertz CT molecular complexity index is 1340. The van der Waals surface area contributed by atoms with E-state index in [2.05, 4.69) is 5.32 Å². The summed E-state index contributed by atoms with van der Waals surface area (Å²) in [5.41, 5.74) is 13.1. The fourth-order valence-electron chi connectivity index (χ4n) is 5.50. The van der Waals surface area contributed by atoms with E-state index in [1.54, 1.807) is 34.1 Å². The van der Waals surface area contributed by atoms with Gasteiger partial charge in [-0.25, -0.2) is 0 Å². The molecule has 1 aliphatic rings. The van der Waals surface area contributed by atoms with Gasteiger partial charge in [-0.2, -0.15) is 0 Å². The largest absolute Gasteiger partial charge is 0.368 e. The van der Waals surface area contributed by atoms with Crippen molar-refractivity contribution in [1.82, 2.24) is 15.1 Å². The molecular weight excluding hydrogens is 526 g/mol. The van der Waals surface area contributed by atoms with Gasteiger partial charge in [0.05, 0.1) is 0 Å². The highest BCUT2D eigenvalue weighted by molar-refractivity contribution is 6.30. The fraction of sp³-hybridized carbons (Fsp3) is 0.387. The molecule has 0 spiro atoms. The number of benzene rings is 3. The van der Waals surface area contributed by atoms with Crippen LogP contribution < -0.4 is 16.8 Å². The molecule has 1 aliphatic heterocycles.